The van der Waals surface area contributed by atoms with Crippen LogP contribution in [0, 0.1) is 12.7 Å². The van der Waals surface area contributed by atoms with Crippen molar-refractivity contribution >= 4 is 6.03 Å². The Morgan fingerprint density at radius 3 is 2.26 bits per heavy atom. The van der Waals surface area contributed by atoms with E-state index in [1.54, 1.807) is 12.1 Å². The number of carbonyl (C=O) groups is 1. The summed E-state index contributed by atoms with van der Waals surface area (Å²) >= 11 is 0. The molecule has 1 unspecified atom stereocenters. The van der Waals surface area contributed by atoms with Crippen LogP contribution in [0.3, 0.4) is 0 Å². The maximum absolute atomic E-state index is 13.3. The van der Waals surface area contributed by atoms with E-state index in [-0.39, 0.29) is 18.1 Å². The van der Waals surface area contributed by atoms with Gasteiger partial charge in [-0.25, -0.2) is 9.18 Å². The van der Waals surface area contributed by atoms with Crippen LogP contribution in [0.2, 0.25) is 0 Å². The molecule has 1 atom stereocenters. The molecular weight excluding hydrogens is 368 g/mol. The van der Waals surface area contributed by atoms with E-state index < -0.39 is 36.5 Å². The van der Waals surface area contributed by atoms with Crippen LogP contribution in [0.4, 0.5) is 22.4 Å². The third-order valence-electron chi connectivity index (χ3n) is 4.00. The van der Waals surface area contributed by atoms with Crippen molar-refractivity contribution < 1.29 is 31.9 Å². The van der Waals surface area contributed by atoms with Crippen LogP contribution < -0.4 is 10.6 Å². The maximum atomic E-state index is 13.3. The van der Waals surface area contributed by atoms with Gasteiger partial charge in [0.2, 0.25) is 5.60 Å². The third-order valence-corrected chi connectivity index (χ3v) is 4.00. The fraction of sp³-hybridized carbons (Fsp3) is 0.389. The molecule has 1 aromatic carbocycles. The highest BCUT2D eigenvalue weighted by molar-refractivity contribution is 5.73. The summed E-state index contributed by atoms with van der Waals surface area (Å²) in [6.07, 6.45) is -5.32. The summed E-state index contributed by atoms with van der Waals surface area (Å²) in [5.74, 6) is -0.751. The van der Waals surface area contributed by atoms with Crippen molar-refractivity contribution in [3.8, 4) is 0 Å². The van der Waals surface area contributed by atoms with Gasteiger partial charge in [-0.15, -0.1) is 0 Å². The molecule has 0 fully saturated rings. The van der Waals surface area contributed by atoms with E-state index in [0.717, 1.165) is 11.6 Å². The number of hydrogen-bond acceptors (Lipinski definition) is 3. The quantitative estimate of drug-likeness (QED) is 0.637. The predicted molar refractivity (Wildman–Crippen MR) is 89.5 cm³/mol. The van der Waals surface area contributed by atoms with Gasteiger partial charge in [-0.3, -0.25) is 0 Å². The Hall–Kier alpha value is -2.55. The first-order chi connectivity index (χ1) is 12.6. The van der Waals surface area contributed by atoms with Gasteiger partial charge < -0.3 is 20.2 Å². The largest absolute Gasteiger partial charge is 0.463 e. The normalized spacial score (nSPS) is 13.9. The van der Waals surface area contributed by atoms with Gasteiger partial charge in [-0.2, -0.15) is 13.2 Å². The van der Waals surface area contributed by atoms with Crippen LogP contribution in [0.15, 0.2) is 40.8 Å². The van der Waals surface area contributed by atoms with Crippen molar-refractivity contribution in [2.24, 2.45) is 0 Å². The molecular formula is C18H20F4N2O3. The smallest absolute Gasteiger partial charge is 0.424 e. The lowest BCUT2D eigenvalue weighted by molar-refractivity contribution is -0.274. The van der Waals surface area contributed by atoms with E-state index in [2.05, 4.69) is 10.6 Å². The Bertz CT molecular complexity index is 759. The van der Waals surface area contributed by atoms with E-state index in [1.807, 2.05) is 0 Å². The highest BCUT2D eigenvalue weighted by atomic mass is 19.4. The average molecular weight is 388 g/mol. The Balaban J connectivity index is 1.82. The lowest BCUT2D eigenvalue weighted by Gasteiger charge is -2.28. The SMILES string of the molecule is Cc1ccc(C(O)(CCNC(=O)NCCc2ccc(F)cc2)C(F)(F)F)o1. The van der Waals surface area contributed by atoms with Gasteiger partial charge in [-0.1, -0.05) is 12.1 Å². The number of benzene rings is 1. The van der Waals surface area contributed by atoms with Crippen LogP contribution >= 0.6 is 0 Å². The molecule has 0 saturated carbocycles. The summed E-state index contributed by atoms with van der Waals surface area (Å²) in [6.45, 7) is 1.27. The maximum Gasteiger partial charge on any atom is 0.424 e. The Morgan fingerprint density at radius 1 is 1.07 bits per heavy atom. The van der Waals surface area contributed by atoms with Gasteiger partial charge in [0.25, 0.3) is 0 Å². The molecule has 27 heavy (non-hydrogen) atoms. The van der Waals surface area contributed by atoms with Gasteiger partial charge in [0.05, 0.1) is 0 Å². The van der Waals surface area contributed by atoms with Crippen LogP contribution in [0.5, 0.6) is 0 Å². The van der Waals surface area contributed by atoms with Gasteiger partial charge in [-0.05, 0) is 43.2 Å². The molecule has 0 spiro atoms. The molecule has 1 aromatic heterocycles. The minimum absolute atomic E-state index is 0.221. The molecule has 0 aliphatic rings. The van der Waals surface area contributed by atoms with Gasteiger partial charge in [0, 0.05) is 19.5 Å². The number of carbonyl (C=O) groups excluding carboxylic acids is 1. The van der Waals surface area contributed by atoms with E-state index in [4.69, 9.17) is 4.42 Å². The summed E-state index contributed by atoms with van der Waals surface area (Å²) in [7, 11) is 0. The summed E-state index contributed by atoms with van der Waals surface area (Å²) in [5.41, 5.74) is -2.39. The van der Waals surface area contributed by atoms with Crippen molar-refractivity contribution in [2.45, 2.75) is 31.5 Å². The Labute approximate surface area is 153 Å². The minimum Gasteiger partial charge on any atom is -0.463 e. The molecule has 3 N–H and O–H groups in total. The Morgan fingerprint density at radius 2 is 1.70 bits per heavy atom. The first-order valence-corrected chi connectivity index (χ1v) is 8.24. The molecule has 2 rings (SSSR count). The minimum atomic E-state index is -4.96. The number of aryl methyl sites for hydroxylation is 1. The van der Waals surface area contributed by atoms with Gasteiger partial charge in [0.1, 0.15) is 17.3 Å². The summed E-state index contributed by atoms with van der Waals surface area (Å²) < 4.78 is 57.6. The standard InChI is InChI=1S/C18H20F4N2O3/c1-12-2-7-15(27-12)17(26,18(20,21)22)9-11-24-16(25)23-10-8-13-3-5-14(19)6-4-13/h2-7,26H,8-11H2,1H3,(H2,23,24,25). The van der Waals surface area contributed by atoms with Crippen molar-refractivity contribution in [1.29, 1.82) is 0 Å². The third kappa shape index (κ3) is 5.46. The second kappa shape index (κ2) is 8.43. The molecule has 0 aliphatic carbocycles. The van der Waals surface area contributed by atoms with Crippen molar-refractivity contribution in [1.82, 2.24) is 10.6 Å². The zero-order valence-corrected chi connectivity index (χ0v) is 14.6. The van der Waals surface area contributed by atoms with Gasteiger partial charge >= 0.3 is 12.2 Å². The molecule has 2 aromatic rings. The fourth-order valence-electron chi connectivity index (χ4n) is 2.45. The number of aliphatic hydroxyl groups is 1. The molecule has 148 valence electrons. The summed E-state index contributed by atoms with van der Waals surface area (Å²) in [4.78, 5) is 11.7. The molecule has 2 amide bonds. The number of furan rings is 1. The van der Waals surface area contributed by atoms with E-state index >= 15 is 0 Å². The number of nitrogens with one attached hydrogen (secondary N) is 2. The monoisotopic (exact) mass is 388 g/mol. The molecule has 1 heterocycles. The first-order valence-electron chi connectivity index (χ1n) is 8.24. The Kier molecular flexibility index (Phi) is 6.48. The topological polar surface area (TPSA) is 74.5 Å². The lowest BCUT2D eigenvalue weighted by Crippen LogP contribution is -2.46. The molecule has 5 nitrogen and oxygen atoms in total. The van der Waals surface area contributed by atoms with Crippen molar-refractivity contribution in [3.05, 3.63) is 59.3 Å². The number of hydrogen-bond donors (Lipinski definition) is 3. The van der Waals surface area contributed by atoms with Crippen LogP contribution in [0.1, 0.15) is 23.5 Å². The molecule has 0 aliphatic heterocycles. The van der Waals surface area contributed by atoms with Crippen molar-refractivity contribution in [2.75, 3.05) is 13.1 Å². The molecule has 9 heteroatoms. The fourth-order valence-corrected chi connectivity index (χ4v) is 2.45. The van der Waals surface area contributed by atoms with Crippen LogP contribution in [-0.2, 0) is 12.0 Å². The zero-order valence-electron chi connectivity index (χ0n) is 14.6. The van der Waals surface area contributed by atoms with Gasteiger partial charge in [0.15, 0.2) is 0 Å². The van der Waals surface area contributed by atoms with E-state index in [1.165, 1.54) is 25.1 Å². The zero-order chi connectivity index (χ0) is 20.1. The second-order valence-electron chi connectivity index (χ2n) is 6.08. The molecule has 0 radical (unpaired) electrons. The lowest BCUT2D eigenvalue weighted by atomic mass is 9.96. The second-order valence-corrected chi connectivity index (χ2v) is 6.08. The first kappa shape index (κ1) is 20.8. The number of halogens is 4. The summed E-state index contributed by atoms with van der Waals surface area (Å²) in [5, 5.41) is 14.8. The summed E-state index contributed by atoms with van der Waals surface area (Å²) in [6, 6.07) is 7.45. The van der Waals surface area contributed by atoms with E-state index in [9.17, 15) is 27.5 Å². The molecule has 0 saturated heterocycles. The highest BCUT2D eigenvalue weighted by Crippen LogP contribution is 2.41. The predicted octanol–water partition coefficient (Wildman–Crippen LogP) is 3.41. The number of urea groups is 1. The number of amides is 2. The van der Waals surface area contributed by atoms with Crippen LogP contribution in [0.25, 0.3) is 0 Å². The van der Waals surface area contributed by atoms with E-state index in [0.29, 0.717) is 6.42 Å². The number of alkyl halides is 3. The average Bonchev–Trinajstić information content (AvgIpc) is 3.02. The molecule has 0 bridgehead atoms. The highest BCUT2D eigenvalue weighted by Gasteiger charge is 2.56. The number of rotatable bonds is 7. The van der Waals surface area contributed by atoms with Crippen molar-refractivity contribution in [3.63, 3.8) is 0 Å². The van der Waals surface area contributed by atoms with Crippen LogP contribution in [-0.4, -0.2) is 30.4 Å².